The van der Waals surface area contributed by atoms with Gasteiger partial charge in [-0.2, -0.15) is 0 Å². The van der Waals surface area contributed by atoms with E-state index in [9.17, 15) is 4.39 Å². The third-order valence-electron chi connectivity index (χ3n) is 4.00. The number of halogens is 3. The molecule has 0 amide bonds. The summed E-state index contributed by atoms with van der Waals surface area (Å²) in [5.41, 5.74) is 1.12. The maximum atomic E-state index is 13.2. The van der Waals surface area contributed by atoms with Gasteiger partial charge in [-0.3, -0.25) is 0 Å². The van der Waals surface area contributed by atoms with Crippen molar-refractivity contribution in [3.05, 3.63) is 34.1 Å². The first-order valence-electron chi connectivity index (χ1n) is 6.79. The van der Waals surface area contributed by atoms with Gasteiger partial charge in [-0.15, -0.1) is 11.6 Å². The predicted molar refractivity (Wildman–Crippen MR) is 82.0 cm³/mol. The fourth-order valence-electron chi connectivity index (χ4n) is 2.93. The second-order valence-electron chi connectivity index (χ2n) is 5.72. The Labute approximate surface area is 128 Å². The summed E-state index contributed by atoms with van der Waals surface area (Å²) >= 11 is 9.42. The molecule has 4 heteroatoms. The molecule has 1 aliphatic rings. The molecule has 0 bridgehead atoms. The number of rotatable bonds is 4. The highest BCUT2D eigenvalue weighted by atomic mass is 79.9. The minimum Gasteiger partial charge on any atom is -0.306 e. The van der Waals surface area contributed by atoms with Crippen LogP contribution in [0, 0.1) is 11.7 Å². The Hall–Kier alpha value is -0.120. The Morgan fingerprint density at radius 3 is 2.95 bits per heavy atom. The van der Waals surface area contributed by atoms with E-state index < -0.39 is 0 Å². The van der Waals surface area contributed by atoms with Crippen molar-refractivity contribution >= 4 is 27.5 Å². The van der Waals surface area contributed by atoms with Crippen molar-refractivity contribution in [1.82, 2.24) is 5.32 Å². The van der Waals surface area contributed by atoms with Crippen LogP contribution in [0.5, 0.6) is 0 Å². The molecule has 0 spiro atoms. The van der Waals surface area contributed by atoms with E-state index in [4.69, 9.17) is 11.6 Å². The monoisotopic (exact) mass is 347 g/mol. The van der Waals surface area contributed by atoms with E-state index in [2.05, 4.69) is 28.2 Å². The van der Waals surface area contributed by atoms with Crippen LogP contribution in [0.2, 0.25) is 0 Å². The molecule has 2 rings (SSSR count). The first-order chi connectivity index (χ1) is 9.04. The largest absolute Gasteiger partial charge is 0.306 e. The lowest BCUT2D eigenvalue weighted by atomic mass is 9.77. The molecule has 0 aromatic heterocycles. The smallest absolute Gasteiger partial charge is 0.137 e. The van der Waals surface area contributed by atoms with E-state index in [0.29, 0.717) is 10.4 Å². The van der Waals surface area contributed by atoms with Gasteiger partial charge in [0.15, 0.2) is 0 Å². The third kappa shape index (κ3) is 3.93. The summed E-state index contributed by atoms with van der Waals surface area (Å²) in [6, 6.07) is 5.15. The standard InChI is InChI=1S/C15H20BrClFN/c1-11-3-2-6-15(8-11,10-17)19-9-12-4-5-14(18)13(16)7-12/h4-5,7,11,19H,2-3,6,8-10H2,1H3. The summed E-state index contributed by atoms with van der Waals surface area (Å²) in [7, 11) is 0. The topological polar surface area (TPSA) is 12.0 Å². The van der Waals surface area contributed by atoms with Crippen molar-refractivity contribution in [3.63, 3.8) is 0 Å². The van der Waals surface area contributed by atoms with Crippen LogP contribution in [0.15, 0.2) is 22.7 Å². The summed E-state index contributed by atoms with van der Waals surface area (Å²) in [5, 5.41) is 3.60. The lowest BCUT2D eigenvalue weighted by Gasteiger charge is -2.39. The van der Waals surface area contributed by atoms with Crippen LogP contribution in [-0.2, 0) is 6.54 Å². The fourth-order valence-corrected chi connectivity index (χ4v) is 3.69. The zero-order valence-electron chi connectivity index (χ0n) is 11.2. The van der Waals surface area contributed by atoms with Crippen molar-refractivity contribution in [2.75, 3.05) is 5.88 Å². The molecule has 106 valence electrons. The van der Waals surface area contributed by atoms with Crippen LogP contribution < -0.4 is 5.32 Å². The number of hydrogen-bond donors (Lipinski definition) is 1. The van der Waals surface area contributed by atoms with E-state index in [1.165, 1.54) is 18.9 Å². The molecule has 1 aromatic rings. The van der Waals surface area contributed by atoms with Gasteiger partial charge in [0.25, 0.3) is 0 Å². The highest BCUT2D eigenvalue weighted by molar-refractivity contribution is 9.10. The maximum absolute atomic E-state index is 13.2. The van der Waals surface area contributed by atoms with Gasteiger partial charge < -0.3 is 5.32 Å². The molecule has 1 aromatic carbocycles. The normalized spacial score (nSPS) is 27.5. The molecule has 19 heavy (non-hydrogen) atoms. The third-order valence-corrected chi connectivity index (χ3v) is 5.12. The van der Waals surface area contributed by atoms with Gasteiger partial charge in [-0.05, 0) is 52.4 Å². The second kappa shape index (κ2) is 6.55. The van der Waals surface area contributed by atoms with Crippen molar-refractivity contribution in [1.29, 1.82) is 0 Å². The lowest BCUT2D eigenvalue weighted by molar-refractivity contribution is 0.207. The number of nitrogens with one attached hydrogen (secondary N) is 1. The van der Waals surface area contributed by atoms with Gasteiger partial charge >= 0.3 is 0 Å². The molecule has 0 aliphatic heterocycles. The number of benzene rings is 1. The summed E-state index contributed by atoms with van der Waals surface area (Å²) < 4.78 is 13.7. The quantitative estimate of drug-likeness (QED) is 0.766. The summed E-state index contributed by atoms with van der Waals surface area (Å²) in [6.07, 6.45) is 4.78. The Morgan fingerprint density at radius 2 is 2.32 bits per heavy atom. The van der Waals surface area contributed by atoms with Crippen molar-refractivity contribution < 1.29 is 4.39 Å². The summed E-state index contributed by atoms with van der Waals surface area (Å²) in [4.78, 5) is 0. The fraction of sp³-hybridized carbons (Fsp3) is 0.600. The van der Waals surface area contributed by atoms with Gasteiger partial charge in [0.05, 0.1) is 4.47 Å². The van der Waals surface area contributed by atoms with Gasteiger partial charge in [0.1, 0.15) is 5.82 Å². The molecule has 2 unspecified atom stereocenters. The van der Waals surface area contributed by atoms with Crippen molar-refractivity contribution in [2.24, 2.45) is 5.92 Å². The molecule has 2 atom stereocenters. The average Bonchev–Trinajstić information content (AvgIpc) is 2.40. The molecule has 1 fully saturated rings. The SMILES string of the molecule is CC1CCCC(CCl)(NCc2ccc(F)c(Br)c2)C1. The predicted octanol–water partition coefficient (Wildman–Crippen LogP) is 4.87. The molecular weight excluding hydrogens is 329 g/mol. The molecule has 0 radical (unpaired) electrons. The van der Waals surface area contributed by atoms with Crippen LogP contribution >= 0.6 is 27.5 Å². The van der Waals surface area contributed by atoms with Crippen LogP contribution in [0.4, 0.5) is 4.39 Å². The molecule has 1 N–H and O–H groups in total. The number of hydrogen-bond acceptors (Lipinski definition) is 1. The summed E-state index contributed by atoms with van der Waals surface area (Å²) in [6.45, 7) is 3.02. The molecule has 1 nitrogen and oxygen atoms in total. The van der Waals surface area contributed by atoms with Crippen LogP contribution in [-0.4, -0.2) is 11.4 Å². The van der Waals surface area contributed by atoms with E-state index in [1.54, 1.807) is 0 Å². The zero-order chi connectivity index (χ0) is 13.9. The maximum Gasteiger partial charge on any atom is 0.137 e. The Morgan fingerprint density at radius 1 is 1.53 bits per heavy atom. The molecule has 0 saturated heterocycles. The first-order valence-corrected chi connectivity index (χ1v) is 8.12. The average molecular weight is 349 g/mol. The van der Waals surface area contributed by atoms with Crippen LogP contribution in [0.1, 0.15) is 38.2 Å². The highest BCUT2D eigenvalue weighted by Gasteiger charge is 2.33. The van der Waals surface area contributed by atoms with Gasteiger partial charge in [-0.25, -0.2) is 4.39 Å². The Kier molecular flexibility index (Phi) is 5.27. The van der Waals surface area contributed by atoms with E-state index in [0.717, 1.165) is 30.9 Å². The van der Waals surface area contributed by atoms with E-state index in [-0.39, 0.29) is 11.4 Å². The Balaban J connectivity index is 2.01. The Bertz CT molecular complexity index is 440. The second-order valence-corrected chi connectivity index (χ2v) is 6.84. The minimum absolute atomic E-state index is 0.0418. The first kappa shape index (κ1) is 15.3. The van der Waals surface area contributed by atoms with E-state index >= 15 is 0 Å². The zero-order valence-corrected chi connectivity index (χ0v) is 13.5. The molecule has 0 heterocycles. The van der Waals surface area contributed by atoms with Gasteiger partial charge in [-0.1, -0.05) is 25.8 Å². The van der Waals surface area contributed by atoms with Gasteiger partial charge in [0, 0.05) is 18.0 Å². The van der Waals surface area contributed by atoms with Crippen LogP contribution in [0.3, 0.4) is 0 Å². The molecule has 1 aliphatic carbocycles. The summed E-state index contributed by atoms with van der Waals surface area (Å²) in [5.74, 6) is 1.14. The van der Waals surface area contributed by atoms with Crippen LogP contribution in [0.25, 0.3) is 0 Å². The lowest BCUT2D eigenvalue weighted by Crippen LogP contribution is -2.49. The van der Waals surface area contributed by atoms with Crippen molar-refractivity contribution in [3.8, 4) is 0 Å². The number of alkyl halides is 1. The van der Waals surface area contributed by atoms with E-state index in [1.807, 2.05) is 12.1 Å². The minimum atomic E-state index is -0.220. The van der Waals surface area contributed by atoms with Crippen molar-refractivity contribution in [2.45, 2.75) is 44.7 Å². The highest BCUT2D eigenvalue weighted by Crippen LogP contribution is 2.33. The molecular formula is C15H20BrClFN. The molecule has 1 saturated carbocycles. The van der Waals surface area contributed by atoms with Gasteiger partial charge in [0.2, 0.25) is 0 Å².